The van der Waals surface area contributed by atoms with E-state index in [1.165, 1.54) is 12.0 Å². The second-order valence-corrected chi connectivity index (χ2v) is 8.88. The van der Waals surface area contributed by atoms with Gasteiger partial charge in [0, 0.05) is 65.4 Å². The standard InChI is InChI=1S/C24H37N5O2/c1-25-24(26-18-21-10-17-31-23(21)20-8-4-2-5-9-20)29-15-13-27(14-16-29)19-22(30)28-11-6-3-7-12-28/h2,4-5,8-9,21,23H,3,6-7,10-19H2,1H3,(H,25,26). The van der Waals surface area contributed by atoms with E-state index in [0.717, 1.165) is 77.6 Å². The monoisotopic (exact) mass is 427 g/mol. The molecule has 3 fully saturated rings. The number of guanidine groups is 1. The van der Waals surface area contributed by atoms with Gasteiger partial charge < -0.3 is 19.9 Å². The summed E-state index contributed by atoms with van der Waals surface area (Å²) in [5.41, 5.74) is 1.26. The number of likely N-dealkylation sites (tertiary alicyclic amines) is 1. The third-order valence-corrected chi connectivity index (χ3v) is 6.82. The number of nitrogens with zero attached hydrogens (tertiary/aromatic N) is 4. The van der Waals surface area contributed by atoms with Gasteiger partial charge in [-0.25, -0.2) is 0 Å². The number of amides is 1. The second kappa shape index (κ2) is 11.0. The van der Waals surface area contributed by atoms with Crippen LogP contribution in [0.25, 0.3) is 0 Å². The van der Waals surface area contributed by atoms with Crippen molar-refractivity contribution in [3.05, 3.63) is 35.9 Å². The number of aliphatic imine (C=N–C) groups is 1. The lowest BCUT2D eigenvalue weighted by atomic mass is 9.95. The topological polar surface area (TPSA) is 60.4 Å². The van der Waals surface area contributed by atoms with Crippen LogP contribution in [-0.4, -0.2) is 92.6 Å². The first-order chi connectivity index (χ1) is 15.2. The molecule has 3 heterocycles. The van der Waals surface area contributed by atoms with Crippen LogP contribution in [0.1, 0.15) is 37.4 Å². The number of rotatable bonds is 5. The molecule has 0 saturated carbocycles. The van der Waals surface area contributed by atoms with E-state index >= 15 is 0 Å². The van der Waals surface area contributed by atoms with Crippen molar-refractivity contribution in [1.82, 2.24) is 20.0 Å². The molecule has 4 rings (SSSR count). The Kier molecular flexibility index (Phi) is 7.81. The van der Waals surface area contributed by atoms with Crippen molar-refractivity contribution >= 4 is 11.9 Å². The summed E-state index contributed by atoms with van der Waals surface area (Å²) >= 11 is 0. The molecule has 0 aromatic heterocycles. The molecular weight excluding hydrogens is 390 g/mol. The molecule has 1 aromatic carbocycles. The van der Waals surface area contributed by atoms with Crippen LogP contribution in [0.4, 0.5) is 0 Å². The van der Waals surface area contributed by atoms with E-state index in [0.29, 0.717) is 18.4 Å². The summed E-state index contributed by atoms with van der Waals surface area (Å²) < 4.78 is 6.03. The Hall–Kier alpha value is -2.12. The number of nitrogens with one attached hydrogen (secondary N) is 1. The number of hydrogen-bond acceptors (Lipinski definition) is 4. The summed E-state index contributed by atoms with van der Waals surface area (Å²) in [7, 11) is 1.86. The second-order valence-electron chi connectivity index (χ2n) is 8.88. The quantitative estimate of drug-likeness (QED) is 0.575. The Morgan fingerprint density at radius 1 is 1.03 bits per heavy atom. The normalized spacial score (nSPS) is 25.6. The average Bonchev–Trinajstić information content (AvgIpc) is 3.30. The molecular formula is C24H37N5O2. The van der Waals surface area contributed by atoms with Gasteiger partial charge in [-0.15, -0.1) is 0 Å². The van der Waals surface area contributed by atoms with E-state index in [4.69, 9.17) is 4.74 Å². The van der Waals surface area contributed by atoms with Gasteiger partial charge in [-0.2, -0.15) is 0 Å². The lowest BCUT2D eigenvalue weighted by Gasteiger charge is -2.37. The first-order valence-corrected chi connectivity index (χ1v) is 11.9. The number of hydrogen-bond donors (Lipinski definition) is 1. The molecule has 1 aromatic rings. The fraction of sp³-hybridized carbons (Fsp3) is 0.667. The lowest BCUT2D eigenvalue weighted by molar-refractivity contribution is -0.133. The molecule has 1 N–H and O–H groups in total. The van der Waals surface area contributed by atoms with E-state index in [-0.39, 0.29) is 6.10 Å². The van der Waals surface area contributed by atoms with Crippen molar-refractivity contribution in [3.8, 4) is 0 Å². The highest BCUT2D eigenvalue weighted by atomic mass is 16.5. The SMILES string of the molecule is CN=C(NCC1CCOC1c1ccccc1)N1CCN(CC(=O)N2CCCCC2)CC1. The van der Waals surface area contributed by atoms with Crippen molar-refractivity contribution < 1.29 is 9.53 Å². The Balaban J connectivity index is 1.23. The predicted molar refractivity (Wildman–Crippen MR) is 123 cm³/mol. The minimum Gasteiger partial charge on any atom is -0.373 e. The molecule has 7 heteroatoms. The minimum absolute atomic E-state index is 0.157. The largest absolute Gasteiger partial charge is 0.373 e. The Morgan fingerprint density at radius 2 is 1.77 bits per heavy atom. The van der Waals surface area contributed by atoms with Gasteiger partial charge in [-0.1, -0.05) is 30.3 Å². The summed E-state index contributed by atoms with van der Waals surface area (Å²) in [4.78, 5) is 23.7. The summed E-state index contributed by atoms with van der Waals surface area (Å²) in [6, 6.07) is 10.5. The molecule has 0 bridgehead atoms. The maximum absolute atomic E-state index is 12.6. The number of ether oxygens (including phenoxy) is 1. The minimum atomic E-state index is 0.157. The number of carbonyl (C=O) groups excluding carboxylic acids is 1. The first kappa shape index (κ1) is 22.1. The molecule has 3 aliphatic rings. The van der Waals surface area contributed by atoms with Crippen molar-refractivity contribution in [3.63, 3.8) is 0 Å². The van der Waals surface area contributed by atoms with Crippen molar-refractivity contribution in [1.29, 1.82) is 0 Å². The van der Waals surface area contributed by atoms with Crippen LogP contribution < -0.4 is 5.32 Å². The Bertz CT molecular complexity index is 727. The average molecular weight is 428 g/mol. The van der Waals surface area contributed by atoms with Crippen LogP contribution in [0.15, 0.2) is 35.3 Å². The van der Waals surface area contributed by atoms with Crippen LogP contribution in [0, 0.1) is 5.92 Å². The van der Waals surface area contributed by atoms with Gasteiger partial charge >= 0.3 is 0 Å². The first-order valence-electron chi connectivity index (χ1n) is 11.9. The summed E-state index contributed by atoms with van der Waals surface area (Å²) in [6.45, 7) is 7.70. The van der Waals surface area contributed by atoms with Crippen molar-refractivity contribution in [2.24, 2.45) is 10.9 Å². The number of carbonyl (C=O) groups is 1. The zero-order chi connectivity index (χ0) is 21.5. The predicted octanol–water partition coefficient (Wildman–Crippen LogP) is 1.97. The molecule has 3 aliphatic heterocycles. The maximum atomic E-state index is 12.6. The number of piperidine rings is 1. The van der Waals surface area contributed by atoms with E-state index < -0.39 is 0 Å². The third kappa shape index (κ3) is 5.77. The smallest absolute Gasteiger partial charge is 0.236 e. The van der Waals surface area contributed by atoms with E-state index in [2.05, 4.69) is 44.4 Å². The van der Waals surface area contributed by atoms with Gasteiger partial charge in [0.05, 0.1) is 12.6 Å². The molecule has 1 amide bonds. The van der Waals surface area contributed by atoms with Crippen LogP contribution >= 0.6 is 0 Å². The number of benzene rings is 1. The molecule has 0 spiro atoms. The number of piperazine rings is 1. The van der Waals surface area contributed by atoms with Gasteiger partial charge in [0.2, 0.25) is 5.91 Å². The molecule has 170 valence electrons. The van der Waals surface area contributed by atoms with Crippen molar-refractivity contribution in [2.75, 3.05) is 66.0 Å². The fourth-order valence-corrected chi connectivity index (χ4v) is 4.96. The van der Waals surface area contributed by atoms with Crippen molar-refractivity contribution in [2.45, 2.75) is 31.8 Å². The molecule has 3 saturated heterocycles. The maximum Gasteiger partial charge on any atom is 0.236 e. The third-order valence-electron chi connectivity index (χ3n) is 6.82. The van der Waals surface area contributed by atoms with Gasteiger partial charge in [0.25, 0.3) is 0 Å². The Morgan fingerprint density at radius 3 is 2.48 bits per heavy atom. The molecule has 7 nitrogen and oxygen atoms in total. The fourth-order valence-electron chi connectivity index (χ4n) is 4.96. The molecule has 0 aliphatic carbocycles. The molecule has 31 heavy (non-hydrogen) atoms. The molecule has 2 atom stereocenters. The van der Waals surface area contributed by atoms with Gasteiger partial charge in [0.15, 0.2) is 5.96 Å². The van der Waals surface area contributed by atoms with Gasteiger partial charge in [-0.3, -0.25) is 14.7 Å². The van der Waals surface area contributed by atoms with Crippen LogP contribution in [0.2, 0.25) is 0 Å². The van der Waals surface area contributed by atoms with Crippen LogP contribution in [0.3, 0.4) is 0 Å². The summed E-state index contributed by atoms with van der Waals surface area (Å²) in [6.07, 6.45) is 4.78. The van der Waals surface area contributed by atoms with Gasteiger partial charge in [-0.05, 0) is 31.2 Å². The zero-order valence-corrected chi connectivity index (χ0v) is 18.8. The Labute approximate surface area is 186 Å². The highest BCUT2D eigenvalue weighted by Gasteiger charge is 2.30. The summed E-state index contributed by atoms with van der Waals surface area (Å²) in [5, 5.41) is 3.59. The van der Waals surface area contributed by atoms with Crippen LogP contribution in [0.5, 0.6) is 0 Å². The highest BCUT2D eigenvalue weighted by Crippen LogP contribution is 2.33. The molecule has 2 unspecified atom stereocenters. The van der Waals surface area contributed by atoms with E-state index in [1.54, 1.807) is 0 Å². The zero-order valence-electron chi connectivity index (χ0n) is 18.8. The van der Waals surface area contributed by atoms with E-state index in [1.807, 2.05) is 18.0 Å². The lowest BCUT2D eigenvalue weighted by Crippen LogP contribution is -2.54. The van der Waals surface area contributed by atoms with Crippen LogP contribution in [-0.2, 0) is 9.53 Å². The summed E-state index contributed by atoms with van der Waals surface area (Å²) in [5.74, 6) is 1.70. The highest BCUT2D eigenvalue weighted by molar-refractivity contribution is 5.80. The van der Waals surface area contributed by atoms with Gasteiger partial charge in [0.1, 0.15) is 0 Å². The van der Waals surface area contributed by atoms with E-state index in [9.17, 15) is 4.79 Å². The molecule has 0 radical (unpaired) electrons.